The first-order chi connectivity index (χ1) is 17.4. The number of carbonyl (C=O) groups is 2. The van der Waals surface area contributed by atoms with Crippen molar-refractivity contribution in [2.45, 2.75) is 33.4 Å². The molecule has 3 rings (SSSR count). The Morgan fingerprint density at radius 1 is 0.944 bits per heavy atom. The molecule has 0 saturated carbocycles. The third-order valence-corrected chi connectivity index (χ3v) is 6.32. The van der Waals surface area contributed by atoms with Crippen LogP contribution in [0.15, 0.2) is 72.9 Å². The molecule has 0 unspecified atom stereocenters. The van der Waals surface area contributed by atoms with Gasteiger partial charge in [0.1, 0.15) is 6.54 Å². The van der Waals surface area contributed by atoms with Gasteiger partial charge in [0.05, 0.1) is 13.2 Å². The van der Waals surface area contributed by atoms with Crippen molar-refractivity contribution in [1.29, 1.82) is 0 Å². The topological polar surface area (TPSA) is 54.8 Å². The van der Waals surface area contributed by atoms with Crippen LogP contribution in [0.2, 0.25) is 5.02 Å². The highest BCUT2D eigenvalue weighted by Gasteiger charge is 2.23. The lowest BCUT2D eigenvalue weighted by Crippen LogP contribution is -2.44. The third-order valence-electron chi connectivity index (χ3n) is 6.07. The van der Waals surface area contributed by atoms with E-state index >= 15 is 0 Å². The average molecular weight is 510 g/mol. The van der Waals surface area contributed by atoms with Crippen molar-refractivity contribution in [3.05, 3.63) is 94.8 Å². The smallest absolute Gasteiger partial charge is 0.254 e. The van der Waals surface area contributed by atoms with E-state index in [1.54, 1.807) is 41.2 Å². The summed E-state index contributed by atoms with van der Waals surface area (Å²) in [5.41, 5.74) is 2.75. The van der Waals surface area contributed by atoms with E-state index in [9.17, 15) is 9.59 Å². The number of benzene rings is 2. The van der Waals surface area contributed by atoms with Crippen molar-refractivity contribution in [3.8, 4) is 0 Å². The summed E-state index contributed by atoms with van der Waals surface area (Å²) >= 11 is 6.00. The molecule has 0 spiro atoms. The lowest BCUT2D eigenvalue weighted by molar-refractivity contribution is -0.133. The maximum Gasteiger partial charge on any atom is 0.254 e. The fourth-order valence-corrected chi connectivity index (χ4v) is 4.05. The second kappa shape index (κ2) is 13.9. The van der Waals surface area contributed by atoms with Crippen LogP contribution in [0.3, 0.4) is 0 Å². The van der Waals surface area contributed by atoms with Gasteiger partial charge in [-0.05, 0) is 54.3 Å². The SMILES string of the molecule is COCCN(Cc1cccn1Cc1ccccc1)C(=O)CN(CCC(C)C)C(=O)c1ccc(Cl)cc1. The molecule has 36 heavy (non-hydrogen) atoms. The monoisotopic (exact) mass is 509 g/mol. The van der Waals surface area contributed by atoms with Crippen LogP contribution in [0, 0.1) is 5.92 Å². The quantitative estimate of drug-likeness (QED) is 0.312. The number of nitrogens with zero attached hydrogens (tertiary/aromatic N) is 3. The lowest BCUT2D eigenvalue weighted by Gasteiger charge is -2.28. The summed E-state index contributed by atoms with van der Waals surface area (Å²) in [6.45, 7) is 6.77. The maximum atomic E-state index is 13.5. The zero-order chi connectivity index (χ0) is 25.9. The van der Waals surface area contributed by atoms with E-state index in [-0.39, 0.29) is 18.4 Å². The minimum absolute atomic E-state index is 0.0112. The minimum Gasteiger partial charge on any atom is -0.383 e. The van der Waals surface area contributed by atoms with Gasteiger partial charge in [-0.1, -0.05) is 55.8 Å². The Hall–Kier alpha value is -3.09. The van der Waals surface area contributed by atoms with Crippen molar-refractivity contribution >= 4 is 23.4 Å². The molecule has 6 nitrogen and oxygen atoms in total. The predicted octanol–water partition coefficient (Wildman–Crippen LogP) is 5.35. The van der Waals surface area contributed by atoms with Crippen molar-refractivity contribution in [2.24, 2.45) is 5.92 Å². The van der Waals surface area contributed by atoms with Gasteiger partial charge in [-0.15, -0.1) is 0 Å². The molecule has 0 bridgehead atoms. The normalized spacial score (nSPS) is 11.0. The van der Waals surface area contributed by atoms with E-state index in [4.69, 9.17) is 16.3 Å². The molecule has 7 heteroatoms. The van der Waals surface area contributed by atoms with Gasteiger partial charge in [0.2, 0.25) is 5.91 Å². The Morgan fingerprint density at radius 3 is 2.33 bits per heavy atom. The average Bonchev–Trinajstić information content (AvgIpc) is 3.31. The summed E-state index contributed by atoms with van der Waals surface area (Å²) in [7, 11) is 1.62. The third kappa shape index (κ3) is 8.25. The standard InChI is InChI=1S/C29H36ClN3O3/c1-23(2)15-17-33(29(35)25-11-13-26(30)14-12-25)22-28(34)32(18-19-36-3)21-27-10-7-16-31(27)20-24-8-5-4-6-9-24/h4-14,16,23H,15,17-22H2,1-3H3. The van der Waals surface area contributed by atoms with Gasteiger partial charge in [0, 0.05) is 49.2 Å². The molecular formula is C29H36ClN3O3. The van der Waals surface area contributed by atoms with Crippen LogP contribution < -0.4 is 0 Å². The number of carbonyl (C=O) groups excluding carboxylic acids is 2. The molecule has 0 aliphatic rings. The highest BCUT2D eigenvalue weighted by atomic mass is 35.5. The van der Waals surface area contributed by atoms with Gasteiger partial charge in [-0.25, -0.2) is 0 Å². The highest BCUT2D eigenvalue weighted by molar-refractivity contribution is 6.30. The second-order valence-electron chi connectivity index (χ2n) is 9.34. The van der Waals surface area contributed by atoms with Gasteiger partial charge in [0.25, 0.3) is 5.91 Å². The first kappa shape index (κ1) is 27.5. The van der Waals surface area contributed by atoms with E-state index in [2.05, 4.69) is 30.5 Å². The van der Waals surface area contributed by atoms with E-state index in [0.717, 1.165) is 18.7 Å². The molecular weight excluding hydrogens is 474 g/mol. The Labute approximate surface area is 219 Å². The molecule has 2 amide bonds. The number of hydrogen-bond donors (Lipinski definition) is 0. The molecule has 0 aliphatic heterocycles. The van der Waals surface area contributed by atoms with Crippen LogP contribution in [0.1, 0.15) is 41.9 Å². The number of rotatable bonds is 13. The highest BCUT2D eigenvalue weighted by Crippen LogP contribution is 2.15. The summed E-state index contributed by atoms with van der Waals surface area (Å²) < 4.78 is 7.44. The largest absolute Gasteiger partial charge is 0.383 e. The van der Waals surface area contributed by atoms with Gasteiger partial charge in [0.15, 0.2) is 0 Å². The molecule has 1 heterocycles. The number of ether oxygens (including phenoxy) is 1. The van der Waals surface area contributed by atoms with E-state index < -0.39 is 0 Å². The van der Waals surface area contributed by atoms with Crippen LogP contribution in [-0.2, 0) is 22.6 Å². The zero-order valence-electron chi connectivity index (χ0n) is 21.4. The first-order valence-electron chi connectivity index (χ1n) is 12.4. The first-order valence-corrected chi connectivity index (χ1v) is 12.7. The van der Waals surface area contributed by atoms with Crippen molar-refractivity contribution < 1.29 is 14.3 Å². The Bertz CT molecular complexity index is 1100. The molecule has 2 aromatic carbocycles. The van der Waals surface area contributed by atoms with E-state index in [0.29, 0.717) is 42.7 Å². The zero-order valence-corrected chi connectivity index (χ0v) is 22.2. The molecule has 3 aromatic rings. The molecule has 0 N–H and O–H groups in total. The second-order valence-corrected chi connectivity index (χ2v) is 9.77. The van der Waals surface area contributed by atoms with E-state index in [1.165, 1.54) is 5.56 Å². The van der Waals surface area contributed by atoms with Crippen LogP contribution >= 0.6 is 11.6 Å². The molecule has 1 aromatic heterocycles. The van der Waals surface area contributed by atoms with Gasteiger partial charge in [-0.3, -0.25) is 9.59 Å². The van der Waals surface area contributed by atoms with Crippen LogP contribution in [0.25, 0.3) is 0 Å². The van der Waals surface area contributed by atoms with Crippen LogP contribution in [0.4, 0.5) is 0 Å². The van der Waals surface area contributed by atoms with Crippen LogP contribution in [-0.4, -0.2) is 59.5 Å². The maximum absolute atomic E-state index is 13.5. The van der Waals surface area contributed by atoms with Gasteiger partial charge >= 0.3 is 0 Å². The fourth-order valence-electron chi connectivity index (χ4n) is 3.92. The number of aromatic nitrogens is 1. The molecule has 192 valence electrons. The fraction of sp³-hybridized carbons (Fsp3) is 0.379. The summed E-state index contributed by atoms with van der Waals surface area (Å²) in [5, 5.41) is 0.570. The molecule has 0 radical (unpaired) electrons. The number of hydrogen-bond acceptors (Lipinski definition) is 3. The summed E-state index contributed by atoms with van der Waals surface area (Å²) in [5.74, 6) is 0.136. The minimum atomic E-state index is -0.167. The van der Waals surface area contributed by atoms with E-state index in [1.807, 2.05) is 36.5 Å². The Kier molecular flexibility index (Phi) is 10.6. The Balaban J connectivity index is 1.76. The van der Waals surface area contributed by atoms with Crippen molar-refractivity contribution in [1.82, 2.24) is 14.4 Å². The van der Waals surface area contributed by atoms with Gasteiger partial charge in [-0.2, -0.15) is 0 Å². The Morgan fingerprint density at radius 2 is 1.67 bits per heavy atom. The molecule has 0 atom stereocenters. The molecule has 0 saturated heterocycles. The van der Waals surface area contributed by atoms with Crippen molar-refractivity contribution in [2.75, 3.05) is 33.4 Å². The number of halogens is 1. The van der Waals surface area contributed by atoms with Gasteiger partial charge < -0.3 is 19.1 Å². The predicted molar refractivity (Wildman–Crippen MR) is 144 cm³/mol. The lowest BCUT2D eigenvalue weighted by atomic mass is 10.1. The summed E-state index contributed by atoms with van der Waals surface area (Å²) in [4.78, 5) is 30.3. The molecule has 0 aliphatic carbocycles. The number of amides is 2. The molecule has 0 fully saturated rings. The van der Waals surface area contributed by atoms with Crippen LogP contribution in [0.5, 0.6) is 0 Å². The van der Waals surface area contributed by atoms with Crippen molar-refractivity contribution in [3.63, 3.8) is 0 Å². The number of methoxy groups -OCH3 is 1. The summed E-state index contributed by atoms with van der Waals surface area (Å²) in [6, 6.07) is 21.1. The summed E-state index contributed by atoms with van der Waals surface area (Å²) in [6.07, 6.45) is 2.84.